The minimum Gasteiger partial charge on any atom is -0.385 e. The molecule has 2 N–H and O–H groups in total. The van der Waals surface area contributed by atoms with Gasteiger partial charge in [-0.25, -0.2) is 14.4 Å². The van der Waals surface area contributed by atoms with Crippen molar-refractivity contribution in [1.29, 1.82) is 0 Å². The number of aromatic nitrogens is 2. The van der Waals surface area contributed by atoms with Crippen LogP contribution in [0.15, 0.2) is 42.7 Å². The second-order valence-electron chi connectivity index (χ2n) is 10.6. The van der Waals surface area contributed by atoms with Gasteiger partial charge in [0.25, 0.3) is 5.91 Å². The van der Waals surface area contributed by atoms with Crippen LogP contribution in [-0.4, -0.2) is 86.9 Å². The monoisotopic (exact) mass is 616 g/mol. The SMILES string of the molecule is COCCCN(C)C1CCN(c2cc(F)c(-c3cnc(C4CNCCO4)nc3)cc2NC(=O)c2cc(Cl)cc(Cl)c2)C1. The molecular formula is C30H35Cl2FN6O3. The molecule has 12 heteroatoms. The van der Waals surface area contributed by atoms with Gasteiger partial charge in [-0.05, 0) is 50.2 Å². The number of likely N-dealkylation sites (N-methyl/N-ethyl adjacent to an activating group) is 1. The van der Waals surface area contributed by atoms with Gasteiger partial charge in [0, 0.05) is 91.6 Å². The predicted octanol–water partition coefficient (Wildman–Crippen LogP) is 5.05. The molecule has 3 aromatic rings. The molecule has 5 rings (SSSR count). The summed E-state index contributed by atoms with van der Waals surface area (Å²) in [5.41, 5.74) is 2.14. The van der Waals surface area contributed by atoms with Crippen molar-refractivity contribution in [3.05, 3.63) is 70.0 Å². The number of nitrogens with one attached hydrogen (secondary N) is 2. The Kier molecular flexibility index (Phi) is 10.3. The number of morpholine rings is 1. The average Bonchev–Trinajstić information content (AvgIpc) is 3.48. The van der Waals surface area contributed by atoms with E-state index in [0.29, 0.717) is 64.7 Å². The molecule has 0 spiro atoms. The first-order valence-electron chi connectivity index (χ1n) is 14.0. The van der Waals surface area contributed by atoms with E-state index in [-0.39, 0.29) is 17.7 Å². The van der Waals surface area contributed by atoms with Gasteiger partial charge in [-0.3, -0.25) is 4.79 Å². The normalized spacial score (nSPS) is 19.0. The summed E-state index contributed by atoms with van der Waals surface area (Å²) < 4.78 is 26.7. The van der Waals surface area contributed by atoms with Crippen LogP contribution in [0.3, 0.4) is 0 Å². The fourth-order valence-electron chi connectivity index (χ4n) is 5.36. The molecule has 2 saturated heterocycles. The van der Waals surface area contributed by atoms with E-state index in [9.17, 15) is 4.79 Å². The average molecular weight is 618 g/mol. The summed E-state index contributed by atoms with van der Waals surface area (Å²) in [4.78, 5) is 26.7. The van der Waals surface area contributed by atoms with Crippen LogP contribution in [-0.2, 0) is 9.47 Å². The number of nitrogens with zero attached hydrogens (tertiary/aromatic N) is 4. The Balaban J connectivity index is 1.44. The van der Waals surface area contributed by atoms with Crippen molar-refractivity contribution in [3.8, 4) is 11.1 Å². The lowest BCUT2D eigenvalue weighted by Crippen LogP contribution is -2.35. The minimum absolute atomic E-state index is 0.255. The summed E-state index contributed by atoms with van der Waals surface area (Å²) >= 11 is 12.3. The number of halogens is 3. The van der Waals surface area contributed by atoms with Crippen molar-refractivity contribution < 1.29 is 18.7 Å². The number of amides is 1. The molecule has 2 unspecified atom stereocenters. The van der Waals surface area contributed by atoms with Gasteiger partial charge in [-0.1, -0.05) is 23.2 Å². The van der Waals surface area contributed by atoms with E-state index >= 15 is 4.39 Å². The first kappa shape index (κ1) is 30.6. The minimum atomic E-state index is -0.433. The number of carbonyl (C=O) groups is 1. The number of carbonyl (C=O) groups excluding carboxylic acids is 1. The lowest BCUT2D eigenvalue weighted by molar-refractivity contribution is 0.0221. The molecule has 2 aromatic carbocycles. The predicted molar refractivity (Wildman–Crippen MR) is 163 cm³/mol. The molecule has 3 heterocycles. The largest absolute Gasteiger partial charge is 0.385 e. The quantitative estimate of drug-likeness (QED) is 0.306. The molecule has 2 aliphatic heterocycles. The summed E-state index contributed by atoms with van der Waals surface area (Å²) in [7, 11) is 3.79. The summed E-state index contributed by atoms with van der Waals surface area (Å²) in [6, 6.07) is 8.06. The summed E-state index contributed by atoms with van der Waals surface area (Å²) in [5.74, 6) is -0.302. The lowest BCUT2D eigenvalue weighted by atomic mass is 10.1. The zero-order chi connectivity index (χ0) is 29.6. The molecule has 1 aromatic heterocycles. The van der Waals surface area contributed by atoms with E-state index < -0.39 is 11.7 Å². The Bertz CT molecular complexity index is 1370. The highest BCUT2D eigenvalue weighted by Crippen LogP contribution is 2.37. The maximum Gasteiger partial charge on any atom is 0.255 e. The fraction of sp³-hybridized carbons (Fsp3) is 0.433. The second-order valence-corrected chi connectivity index (χ2v) is 11.4. The van der Waals surface area contributed by atoms with E-state index in [1.54, 1.807) is 43.8 Å². The molecule has 2 aliphatic rings. The molecule has 2 atom stereocenters. The number of benzene rings is 2. The van der Waals surface area contributed by atoms with Crippen molar-refractivity contribution in [1.82, 2.24) is 20.2 Å². The van der Waals surface area contributed by atoms with Crippen LogP contribution in [0.5, 0.6) is 0 Å². The molecular weight excluding hydrogens is 582 g/mol. The summed E-state index contributed by atoms with van der Waals surface area (Å²) in [5, 5.41) is 6.93. The Labute approximate surface area is 255 Å². The highest BCUT2D eigenvalue weighted by atomic mass is 35.5. The van der Waals surface area contributed by atoms with E-state index in [1.807, 2.05) is 0 Å². The van der Waals surface area contributed by atoms with Gasteiger partial charge in [0.05, 0.1) is 18.0 Å². The summed E-state index contributed by atoms with van der Waals surface area (Å²) in [6.45, 7) is 4.99. The molecule has 1 amide bonds. The van der Waals surface area contributed by atoms with E-state index in [4.69, 9.17) is 32.7 Å². The molecule has 0 bridgehead atoms. The number of ether oxygens (including phenoxy) is 2. The van der Waals surface area contributed by atoms with E-state index in [0.717, 1.165) is 32.5 Å². The Morgan fingerprint density at radius 3 is 2.67 bits per heavy atom. The van der Waals surface area contributed by atoms with Crippen molar-refractivity contribution in [3.63, 3.8) is 0 Å². The molecule has 42 heavy (non-hydrogen) atoms. The van der Waals surface area contributed by atoms with Gasteiger partial charge in [0.2, 0.25) is 0 Å². The van der Waals surface area contributed by atoms with Crippen LogP contribution in [0.2, 0.25) is 10.0 Å². The third-order valence-electron chi connectivity index (χ3n) is 7.64. The topological polar surface area (TPSA) is 91.8 Å². The maximum atomic E-state index is 15.8. The Morgan fingerprint density at radius 1 is 1.21 bits per heavy atom. The van der Waals surface area contributed by atoms with Gasteiger partial charge in [-0.2, -0.15) is 0 Å². The molecule has 224 valence electrons. The smallest absolute Gasteiger partial charge is 0.255 e. The number of hydrogen-bond donors (Lipinski definition) is 2. The standard InChI is InChI=1S/C30H35Cl2FN6O3/c1-38(6-3-8-41-2)23-4-7-39(18-23)27-14-25(33)24(20-15-35-29(36-16-20)28-17-34-5-9-42-28)13-26(27)37-30(40)19-10-21(31)12-22(32)11-19/h10-16,23,28,34H,3-9,17-18H2,1-2H3,(H,37,40). The van der Waals surface area contributed by atoms with E-state index in [2.05, 4.69) is 37.4 Å². The first-order chi connectivity index (χ1) is 20.3. The zero-order valence-electron chi connectivity index (χ0n) is 23.7. The van der Waals surface area contributed by atoms with Gasteiger partial charge >= 0.3 is 0 Å². The van der Waals surface area contributed by atoms with Crippen molar-refractivity contribution in [2.75, 3.05) is 70.3 Å². The molecule has 2 fully saturated rings. The number of anilines is 2. The maximum absolute atomic E-state index is 15.8. The Morgan fingerprint density at radius 2 is 1.98 bits per heavy atom. The van der Waals surface area contributed by atoms with Crippen molar-refractivity contribution in [2.45, 2.75) is 25.0 Å². The zero-order valence-corrected chi connectivity index (χ0v) is 25.2. The first-order valence-corrected chi connectivity index (χ1v) is 14.8. The van der Waals surface area contributed by atoms with Crippen molar-refractivity contribution in [2.24, 2.45) is 0 Å². The van der Waals surface area contributed by atoms with Gasteiger partial charge < -0.3 is 29.9 Å². The van der Waals surface area contributed by atoms with Crippen LogP contribution in [0.25, 0.3) is 11.1 Å². The molecule has 9 nitrogen and oxygen atoms in total. The highest BCUT2D eigenvalue weighted by Gasteiger charge is 2.29. The van der Waals surface area contributed by atoms with Crippen LogP contribution >= 0.6 is 23.2 Å². The second kappa shape index (κ2) is 14.1. The molecule has 0 aliphatic carbocycles. The Hall–Kier alpha value is -2.86. The van der Waals surface area contributed by atoms with E-state index in [1.165, 1.54) is 6.07 Å². The van der Waals surface area contributed by atoms with Crippen LogP contribution in [0.4, 0.5) is 15.8 Å². The number of rotatable bonds is 10. The van der Waals surface area contributed by atoms with Gasteiger partial charge in [-0.15, -0.1) is 0 Å². The van der Waals surface area contributed by atoms with Crippen LogP contribution < -0.4 is 15.5 Å². The fourth-order valence-corrected chi connectivity index (χ4v) is 5.89. The highest BCUT2D eigenvalue weighted by molar-refractivity contribution is 6.35. The lowest BCUT2D eigenvalue weighted by Gasteiger charge is -2.27. The third kappa shape index (κ3) is 7.37. The van der Waals surface area contributed by atoms with Crippen LogP contribution in [0.1, 0.15) is 35.1 Å². The van der Waals surface area contributed by atoms with Crippen LogP contribution in [0, 0.1) is 5.82 Å². The van der Waals surface area contributed by atoms with Gasteiger partial charge in [0.1, 0.15) is 11.9 Å². The number of methoxy groups -OCH3 is 1. The van der Waals surface area contributed by atoms with Crippen molar-refractivity contribution >= 4 is 40.5 Å². The number of hydrogen-bond acceptors (Lipinski definition) is 8. The molecule has 0 radical (unpaired) electrons. The molecule has 0 saturated carbocycles. The summed E-state index contributed by atoms with van der Waals surface area (Å²) in [6.07, 6.45) is 4.76. The third-order valence-corrected chi connectivity index (χ3v) is 8.08. The van der Waals surface area contributed by atoms with Gasteiger partial charge in [0.15, 0.2) is 5.82 Å².